The lowest BCUT2D eigenvalue weighted by Crippen LogP contribution is -2.47. The van der Waals surface area contributed by atoms with Crippen LogP contribution in [-0.4, -0.2) is 45.5 Å². The normalized spacial score (nSPS) is 26.5. The highest BCUT2D eigenvalue weighted by molar-refractivity contribution is 7.99. The van der Waals surface area contributed by atoms with E-state index in [9.17, 15) is 14.7 Å². The van der Waals surface area contributed by atoms with Crippen molar-refractivity contribution in [2.45, 2.75) is 18.1 Å². The van der Waals surface area contributed by atoms with Crippen LogP contribution in [-0.2, 0) is 4.79 Å². The number of nitrogens with one attached hydrogen (secondary N) is 1. The van der Waals surface area contributed by atoms with Crippen LogP contribution in [0.5, 0.6) is 0 Å². The molecule has 2 saturated heterocycles. The van der Waals surface area contributed by atoms with Gasteiger partial charge in [0.25, 0.3) is 5.91 Å². The molecule has 7 heteroatoms. The van der Waals surface area contributed by atoms with Gasteiger partial charge in [-0.3, -0.25) is 9.69 Å². The van der Waals surface area contributed by atoms with Crippen molar-refractivity contribution in [3.8, 4) is 0 Å². The summed E-state index contributed by atoms with van der Waals surface area (Å²) in [5.41, 5.74) is -0.261. The number of aliphatic hydroxyl groups is 1. The van der Waals surface area contributed by atoms with E-state index in [1.54, 1.807) is 36.0 Å². The molecule has 0 radical (unpaired) electrons. The largest absolute Gasteiger partial charge is 0.386 e. The van der Waals surface area contributed by atoms with Crippen molar-refractivity contribution in [1.82, 2.24) is 10.2 Å². The van der Waals surface area contributed by atoms with Crippen LogP contribution in [0.15, 0.2) is 24.3 Å². The van der Waals surface area contributed by atoms with E-state index in [1.165, 1.54) is 0 Å². The molecule has 1 aromatic rings. The standard InChI is InChI=1S/C14H15ClN2O3S/c15-10-4-2-1-3-9(10)11(18)7-17-12(19)14(16-13(17)20)5-6-21-8-14/h1-4,11,18H,5-8H2,(H,16,20)/t11-,14-/m0/s1. The van der Waals surface area contributed by atoms with E-state index in [0.717, 1.165) is 10.7 Å². The average Bonchev–Trinajstić information content (AvgIpc) is 3.01. The number of β-amino-alcohol motifs (C(OH)–C–C–N with tert-alkyl or cyclic N) is 1. The molecule has 2 heterocycles. The summed E-state index contributed by atoms with van der Waals surface area (Å²) in [5, 5.41) is 13.5. The molecule has 1 aromatic carbocycles. The first-order valence-corrected chi connectivity index (χ1v) is 8.21. The molecule has 2 aliphatic heterocycles. The minimum absolute atomic E-state index is 0.0825. The van der Waals surface area contributed by atoms with E-state index >= 15 is 0 Å². The Labute approximate surface area is 131 Å². The Morgan fingerprint density at radius 2 is 2.19 bits per heavy atom. The van der Waals surface area contributed by atoms with E-state index in [2.05, 4.69) is 5.32 Å². The van der Waals surface area contributed by atoms with E-state index in [4.69, 9.17) is 11.6 Å². The monoisotopic (exact) mass is 326 g/mol. The molecule has 2 fully saturated rings. The molecule has 2 aliphatic rings. The number of hydrogen-bond donors (Lipinski definition) is 2. The van der Waals surface area contributed by atoms with Gasteiger partial charge in [-0.25, -0.2) is 4.79 Å². The highest BCUT2D eigenvalue weighted by atomic mass is 35.5. The quantitative estimate of drug-likeness (QED) is 0.831. The summed E-state index contributed by atoms with van der Waals surface area (Å²) in [7, 11) is 0. The Balaban J connectivity index is 1.77. The molecule has 0 aliphatic carbocycles. The SMILES string of the molecule is O=C1N[C@]2(CCSC2)C(=O)N1C[C@H](O)c1ccccc1Cl. The van der Waals surface area contributed by atoms with Crippen molar-refractivity contribution in [2.24, 2.45) is 0 Å². The van der Waals surface area contributed by atoms with Gasteiger partial charge >= 0.3 is 6.03 Å². The lowest BCUT2D eigenvalue weighted by molar-refractivity contribution is -0.131. The van der Waals surface area contributed by atoms with Gasteiger partial charge in [0, 0.05) is 16.3 Å². The van der Waals surface area contributed by atoms with Crippen LogP contribution in [0.4, 0.5) is 4.79 Å². The molecular formula is C14H15ClN2O3S. The number of amides is 3. The number of thioether (sulfide) groups is 1. The Morgan fingerprint density at radius 1 is 1.43 bits per heavy atom. The van der Waals surface area contributed by atoms with Crippen LogP contribution in [0, 0.1) is 0 Å². The third-order valence-electron chi connectivity index (χ3n) is 3.89. The van der Waals surface area contributed by atoms with Gasteiger partial charge in [-0.15, -0.1) is 0 Å². The Morgan fingerprint density at radius 3 is 2.86 bits per heavy atom. The summed E-state index contributed by atoms with van der Waals surface area (Å²) < 4.78 is 0. The predicted molar refractivity (Wildman–Crippen MR) is 81.3 cm³/mol. The molecule has 1 spiro atoms. The van der Waals surface area contributed by atoms with Crippen molar-refractivity contribution in [1.29, 1.82) is 0 Å². The summed E-state index contributed by atoms with van der Waals surface area (Å²) in [6.07, 6.45) is -0.349. The molecule has 0 bridgehead atoms. The maximum atomic E-state index is 12.5. The number of carbonyl (C=O) groups excluding carboxylic acids is 2. The number of benzene rings is 1. The van der Waals surface area contributed by atoms with Gasteiger partial charge < -0.3 is 10.4 Å². The van der Waals surface area contributed by atoms with Crippen molar-refractivity contribution >= 4 is 35.3 Å². The fourth-order valence-electron chi connectivity index (χ4n) is 2.69. The number of halogens is 1. The molecule has 0 saturated carbocycles. The maximum absolute atomic E-state index is 12.5. The number of imide groups is 1. The maximum Gasteiger partial charge on any atom is 0.325 e. The van der Waals surface area contributed by atoms with Crippen LogP contribution in [0.2, 0.25) is 5.02 Å². The molecule has 112 valence electrons. The van der Waals surface area contributed by atoms with Crippen LogP contribution >= 0.6 is 23.4 Å². The van der Waals surface area contributed by atoms with Gasteiger partial charge in [-0.2, -0.15) is 11.8 Å². The molecule has 2 atom stereocenters. The van der Waals surface area contributed by atoms with Gasteiger partial charge in [-0.05, 0) is 18.2 Å². The first-order chi connectivity index (χ1) is 10.0. The Bertz CT molecular complexity index is 589. The Hall–Kier alpha value is -1.24. The van der Waals surface area contributed by atoms with Crippen LogP contribution in [0.25, 0.3) is 0 Å². The first-order valence-electron chi connectivity index (χ1n) is 6.68. The van der Waals surface area contributed by atoms with Crippen molar-refractivity contribution < 1.29 is 14.7 Å². The first kappa shape index (κ1) is 14.7. The summed E-state index contributed by atoms with van der Waals surface area (Å²) in [6.45, 7) is -0.0825. The fourth-order valence-corrected chi connectivity index (χ4v) is 4.28. The van der Waals surface area contributed by atoms with E-state index in [1.807, 2.05) is 0 Å². The van der Waals surface area contributed by atoms with Crippen molar-refractivity contribution in [2.75, 3.05) is 18.1 Å². The number of urea groups is 1. The topological polar surface area (TPSA) is 69.6 Å². The highest BCUT2D eigenvalue weighted by Crippen LogP contribution is 2.34. The lowest BCUT2D eigenvalue weighted by atomic mass is 9.99. The molecular weight excluding hydrogens is 312 g/mol. The molecule has 2 N–H and O–H groups in total. The zero-order valence-corrected chi connectivity index (χ0v) is 12.8. The summed E-state index contributed by atoms with van der Waals surface area (Å²) in [4.78, 5) is 25.6. The second-order valence-corrected chi connectivity index (χ2v) is 6.78. The molecule has 5 nitrogen and oxygen atoms in total. The Kier molecular flexibility index (Phi) is 3.86. The number of carbonyl (C=O) groups is 2. The van der Waals surface area contributed by atoms with Crippen molar-refractivity contribution in [3.05, 3.63) is 34.9 Å². The molecule has 3 rings (SSSR count). The minimum Gasteiger partial charge on any atom is -0.386 e. The van der Waals surface area contributed by atoms with Crippen molar-refractivity contribution in [3.63, 3.8) is 0 Å². The fraction of sp³-hybridized carbons (Fsp3) is 0.429. The third-order valence-corrected chi connectivity index (χ3v) is 5.42. The van der Waals surface area contributed by atoms with E-state index in [0.29, 0.717) is 22.8 Å². The molecule has 0 aromatic heterocycles. The average molecular weight is 327 g/mol. The van der Waals surface area contributed by atoms with Crippen LogP contribution < -0.4 is 5.32 Å². The zero-order chi connectivity index (χ0) is 15.0. The highest BCUT2D eigenvalue weighted by Gasteiger charge is 2.53. The molecule has 0 unspecified atom stereocenters. The minimum atomic E-state index is -0.988. The second kappa shape index (κ2) is 5.51. The molecule has 21 heavy (non-hydrogen) atoms. The second-order valence-electron chi connectivity index (χ2n) is 5.27. The van der Waals surface area contributed by atoms with Crippen LogP contribution in [0.1, 0.15) is 18.1 Å². The number of aliphatic hydroxyl groups excluding tert-OH is 1. The van der Waals surface area contributed by atoms with Gasteiger partial charge in [-0.1, -0.05) is 29.8 Å². The lowest BCUT2D eigenvalue weighted by Gasteiger charge is -2.21. The number of nitrogens with zero attached hydrogens (tertiary/aromatic N) is 1. The van der Waals surface area contributed by atoms with Crippen LogP contribution in [0.3, 0.4) is 0 Å². The summed E-state index contributed by atoms with van der Waals surface area (Å²) in [5.74, 6) is 1.20. The number of hydrogen-bond acceptors (Lipinski definition) is 4. The molecule has 3 amide bonds. The van der Waals surface area contributed by atoms with Gasteiger partial charge in [0.05, 0.1) is 12.6 Å². The van der Waals surface area contributed by atoms with Gasteiger partial charge in [0.2, 0.25) is 0 Å². The zero-order valence-electron chi connectivity index (χ0n) is 11.2. The summed E-state index contributed by atoms with van der Waals surface area (Å²) in [6, 6.07) is 6.43. The predicted octanol–water partition coefficient (Wildman–Crippen LogP) is 1.80. The summed E-state index contributed by atoms with van der Waals surface area (Å²) >= 11 is 7.68. The number of rotatable bonds is 3. The van der Waals surface area contributed by atoms with Gasteiger partial charge in [0.1, 0.15) is 5.54 Å². The smallest absolute Gasteiger partial charge is 0.325 e. The third kappa shape index (κ3) is 2.52. The van der Waals surface area contributed by atoms with Gasteiger partial charge in [0.15, 0.2) is 0 Å². The van der Waals surface area contributed by atoms with E-state index in [-0.39, 0.29) is 12.5 Å². The van der Waals surface area contributed by atoms with E-state index < -0.39 is 17.7 Å².